The number of morpholine rings is 1. The van der Waals surface area contributed by atoms with E-state index in [1.54, 1.807) is 12.4 Å². The second-order valence-corrected chi connectivity index (χ2v) is 7.44. The third-order valence-corrected chi connectivity index (χ3v) is 5.56. The van der Waals surface area contributed by atoms with Crippen LogP contribution in [0.4, 0.5) is 5.82 Å². The van der Waals surface area contributed by atoms with E-state index < -0.39 is 0 Å². The summed E-state index contributed by atoms with van der Waals surface area (Å²) in [6.07, 6.45) is 7.61. The number of aromatic nitrogens is 2. The van der Waals surface area contributed by atoms with Gasteiger partial charge in [-0.2, -0.15) is 0 Å². The van der Waals surface area contributed by atoms with E-state index in [2.05, 4.69) is 37.3 Å². The van der Waals surface area contributed by atoms with Crippen molar-refractivity contribution in [1.82, 2.24) is 14.9 Å². The maximum absolute atomic E-state index is 6.28. The van der Waals surface area contributed by atoms with Gasteiger partial charge < -0.3 is 9.64 Å². The normalized spacial score (nSPS) is 25.8. The maximum atomic E-state index is 6.28. The van der Waals surface area contributed by atoms with E-state index in [9.17, 15) is 0 Å². The highest BCUT2D eigenvalue weighted by Crippen LogP contribution is 2.31. The van der Waals surface area contributed by atoms with Gasteiger partial charge >= 0.3 is 0 Å². The van der Waals surface area contributed by atoms with Gasteiger partial charge in [0.25, 0.3) is 0 Å². The van der Waals surface area contributed by atoms with Gasteiger partial charge in [-0.3, -0.25) is 9.88 Å². The Morgan fingerprint density at radius 3 is 3.09 bits per heavy atom. The lowest BCUT2D eigenvalue weighted by molar-refractivity contribution is -0.116. The van der Waals surface area contributed by atoms with Gasteiger partial charge in [0.05, 0.1) is 18.4 Å². The van der Waals surface area contributed by atoms with E-state index in [-0.39, 0.29) is 5.60 Å². The third-order valence-electron chi connectivity index (χ3n) is 4.70. The number of hydrogen-bond acceptors (Lipinski definition) is 6. The predicted molar refractivity (Wildman–Crippen MR) is 91.8 cm³/mol. The minimum Gasteiger partial charge on any atom is -0.370 e. The van der Waals surface area contributed by atoms with Crippen molar-refractivity contribution in [1.29, 1.82) is 0 Å². The zero-order valence-electron chi connectivity index (χ0n) is 13.2. The standard InChI is InChI=1S/C17H22N4OS/c1-3-15(23-10-1)12-20-8-9-22-17(13-20)4-2-7-21(14-17)16-11-18-5-6-19-16/h1,3,5-6,10-11H,2,4,7-9,12-14H2/t17-/m0/s1. The van der Waals surface area contributed by atoms with Gasteiger partial charge in [0.2, 0.25) is 0 Å². The Balaban J connectivity index is 1.46. The summed E-state index contributed by atoms with van der Waals surface area (Å²) in [5, 5.41) is 2.15. The van der Waals surface area contributed by atoms with Crippen molar-refractivity contribution < 1.29 is 4.74 Å². The van der Waals surface area contributed by atoms with E-state index >= 15 is 0 Å². The number of hydrogen-bond donors (Lipinski definition) is 0. The van der Waals surface area contributed by atoms with Crippen LogP contribution in [0, 0.1) is 0 Å². The molecule has 0 unspecified atom stereocenters. The summed E-state index contributed by atoms with van der Waals surface area (Å²) >= 11 is 1.84. The molecule has 0 radical (unpaired) electrons. The predicted octanol–water partition coefficient (Wildman–Crippen LogP) is 2.41. The molecule has 0 amide bonds. The molecule has 0 bridgehead atoms. The first-order valence-corrected chi connectivity index (χ1v) is 9.11. The maximum Gasteiger partial charge on any atom is 0.147 e. The molecule has 122 valence electrons. The SMILES string of the molecule is c1csc(CN2CCO[C@@]3(CCCN(c4cnccn4)C3)C2)c1. The first kappa shape index (κ1) is 15.1. The molecule has 6 heteroatoms. The molecule has 0 N–H and O–H groups in total. The molecule has 0 saturated carbocycles. The molecular weight excluding hydrogens is 308 g/mol. The van der Waals surface area contributed by atoms with E-state index in [1.807, 2.05) is 17.5 Å². The molecule has 0 aliphatic carbocycles. The summed E-state index contributed by atoms with van der Waals surface area (Å²) in [5.41, 5.74) is -0.0642. The molecule has 2 aliphatic rings. The lowest BCUT2D eigenvalue weighted by Crippen LogP contribution is -2.59. The fraction of sp³-hybridized carbons (Fsp3) is 0.529. The van der Waals surface area contributed by atoms with E-state index in [4.69, 9.17) is 4.74 Å². The molecule has 4 rings (SSSR count). The minimum absolute atomic E-state index is 0.0642. The lowest BCUT2D eigenvalue weighted by Gasteiger charge is -2.48. The van der Waals surface area contributed by atoms with Crippen LogP contribution in [0.1, 0.15) is 17.7 Å². The fourth-order valence-corrected chi connectivity index (χ4v) is 4.42. The topological polar surface area (TPSA) is 41.5 Å². The van der Waals surface area contributed by atoms with Crippen LogP contribution in [0.5, 0.6) is 0 Å². The van der Waals surface area contributed by atoms with Gasteiger partial charge in [-0.25, -0.2) is 4.98 Å². The zero-order valence-corrected chi connectivity index (χ0v) is 14.0. The van der Waals surface area contributed by atoms with Crippen molar-refractivity contribution in [2.24, 2.45) is 0 Å². The van der Waals surface area contributed by atoms with E-state index in [0.717, 1.165) is 58.0 Å². The number of rotatable bonds is 3. The van der Waals surface area contributed by atoms with Crippen LogP contribution in [-0.2, 0) is 11.3 Å². The molecule has 2 aromatic heterocycles. The Kier molecular flexibility index (Phi) is 4.29. The fourth-order valence-electron chi connectivity index (χ4n) is 3.68. The molecule has 4 heterocycles. The van der Waals surface area contributed by atoms with Crippen LogP contribution in [0.15, 0.2) is 36.1 Å². The molecule has 2 fully saturated rings. The number of nitrogens with zero attached hydrogens (tertiary/aromatic N) is 4. The van der Waals surface area contributed by atoms with Crippen molar-refractivity contribution in [2.45, 2.75) is 25.0 Å². The first-order valence-electron chi connectivity index (χ1n) is 8.23. The number of thiophene rings is 1. The summed E-state index contributed by atoms with van der Waals surface area (Å²) in [4.78, 5) is 15.0. The van der Waals surface area contributed by atoms with Crippen molar-refractivity contribution >= 4 is 17.2 Å². The average molecular weight is 330 g/mol. The summed E-state index contributed by atoms with van der Waals surface area (Å²) in [5.74, 6) is 0.963. The third kappa shape index (κ3) is 3.39. The molecule has 1 spiro atoms. The molecule has 23 heavy (non-hydrogen) atoms. The average Bonchev–Trinajstić information content (AvgIpc) is 3.09. The van der Waals surface area contributed by atoms with Gasteiger partial charge in [-0.15, -0.1) is 11.3 Å². The zero-order chi connectivity index (χ0) is 15.5. The Morgan fingerprint density at radius 1 is 1.26 bits per heavy atom. The number of anilines is 1. The number of ether oxygens (including phenoxy) is 1. The van der Waals surface area contributed by atoms with E-state index in [0.29, 0.717) is 0 Å². The summed E-state index contributed by atoms with van der Waals surface area (Å²) in [7, 11) is 0. The van der Waals surface area contributed by atoms with Crippen LogP contribution >= 0.6 is 11.3 Å². The Bertz CT molecular complexity index is 617. The largest absolute Gasteiger partial charge is 0.370 e. The van der Waals surface area contributed by atoms with Gasteiger partial charge in [0.15, 0.2) is 0 Å². The highest BCUT2D eigenvalue weighted by Gasteiger charge is 2.40. The molecule has 0 aromatic carbocycles. The summed E-state index contributed by atoms with van der Waals surface area (Å²) in [6, 6.07) is 4.35. The first-order chi connectivity index (χ1) is 11.3. The van der Waals surface area contributed by atoms with E-state index in [1.165, 1.54) is 4.88 Å². The molecule has 5 nitrogen and oxygen atoms in total. The quantitative estimate of drug-likeness (QED) is 0.864. The monoisotopic (exact) mass is 330 g/mol. The molecule has 2 aromatic rings. The Morgan fingerprint density at radius 2 is 2.26 bits per heavy atom. The molecule has 1 atom stereocenters. The van der Waals surface area contributed by atoms with Crippen molar-refractivity contribution in [3.63, 3.8) is 0 Å². The van der Waals surface area contributed by atoms with Crippen LogP contribution in [0.3, 0.4) is 0 Å². The summed E-state index contributed by atoms with van der Waals surface area (Å²) in [6.45, 7) is 5.82. The second-order valence-electron chi connectivity index (χ2n) is 6.41. The minimum atomic E-state index is -0.0642. The van der Waals surface area contributed by atoms with Gasteiger partial charge in [0.1, 0.15) is 5.82 Å². The van der Waals surface area contributed by atoms with Crippen LogP contribution < -0.4 is 4.90 Å². The van der Waals surface area contributed by atoms with Gasteiger partial charge in [0, 0.05) is 50.0 Å². The smallest absolute Gasteiger partial charge is 0.147 e. The summed E-state index contributed by atoms with van der Waals surface area (Å²) < 4.78 is 6.28. The second kappa shape index (κ2) is 6.55. The van der Waals surface area contributed by atoms with Gasteiger partial charge in [-0.1, -0.05) is 6.07 Å². The number of piperidine rings is 1. The molecule has 2 saturated heterocycles. The van der Waals surface area contributed by atoms with Gasteiger partial charge in [-0.05, 0) is 24.3 Å². The highest BCUT2D eigenvalue weighted by molar-refractivity contribution is 7.09. The van der Waals surface area contributed by atoms with Crippen molar-refractivity contribution in [3.05, 3.63) is 41.0 Å². The van der Waals surface area contributed by atoms with Crippen LogP contribution in [-0.4, -0.2) is 53.3 Å². The van der Waals surface area contributed by atoms with Crippen molar-refractivity contribution in [3.8, 4) is 0 Å². The highest BCUT2D eigenvalue weighted by atomic mass is 32.1. The Hall–Kier alpha value is -1.50. The van der Waals surface area contributed by atoms with Crippen molar-refractivity contribution in [2.75, 3.05) is 37.7 Å². The molecular formula is C17H22N4OS. The molecule has 2 aliphatic heterocycles. The van der Waals surface area contributed by atoms with Crippen LogP contribution in [0.2, 0.25) is 0 Å². The Labute approximate surface area is 140 Å². The van der Waals surface area contributed by atoms with Crippen LogP contribution in [0.25, 0.3) is 0 Å². The lowest BCUT2D eigenvalue weighted by atomic mass is 9.90.